The smallest absolute Gasteiger partial charge is 0.223 e. The molecule has 0 aliphatic rings. The normalized spacial score (nSPS) is 11.5. The van der Waals surface area contributed by atoms with E-state index in [1.807, 2.05) is 0 Å². The lowest BCUT2D eigenvalue weighted by atomic mass is 10.5. The van der Waals surface area contributed by atoms with E-state index in [0.717, 1.165) is 11.0 Å². The molecule has 0 saturated carbocycles. The minimum atomic E-state index is 0.164. The van der Waals surface area contributed by atoms with Gasteiger partial charge in [0, 0.05) is 0 Å². The molecule has 4 rings (SSSR count). The minimum absolute atomic E-state index is 0.164. The van der Waals surface area contributed by atoms with E-state index in [0.29, 0.717) is 21.3 Å². The van der Waals surface area contributed by atoms with E-state index >= 15 is 0 Å². The van der Waals surface area contributed by atoms with Crippen molar-refractivity contribution in [2.75, 3.05) is 11.5 Å². The summed E-state index contributed by atoms with van der Waals surface area (Å²) in [5.41, 5.74) is 13.9. The van der Waals surface area contributed by atoms with Crippen LogP contribution in [0.4, 0.5) is 11.9 Å². The van der Waals surface area contributed by atoms with Gasteiger partial charge in [0.05, 0.1) is 12.7 Å². The summed E-state index contributed by atoms with van der Waals surface area (Å²) >= 11 is 0. The third-order valence-electron chi connectivity index (χ3n) is 2.74. The Morgan fingerprint density at radius 3 is 1.64 bits per heavy atom. The number of nitrogens with one attached hydrogen (secondary N) is 2. The molecular formula is C10H8N10S2. The van der Waals surface area contributed by atoms with Crippen LogP contribution in [0.15, 0.2) is 22.7 Å². The molecule has 0 amide bonds. The van der Waals surface area contributed by atoms with Crippen LogP contribution in [0.3, 0.4) is 0 Å². The number of imidazole rings is 2. The van der Waals surface area contributed by atoms with Crippen LogP contribution < -0.4 is 11.5 Å². The summed E-state index contributed by atoms with van der Waals surface area (Å²) in [5, 5.41) is 1.32. The Balaban J connectivity index is 1.71. The van der Waals surface area contributed by atoms with Crippen molar-refractivity contribution in [1.82, 2.24) is 39.9 Å². The van der Waals surface area contributed by atoms with Crippen molar-refractivity contribution >= 4 is 55.8 Å². The highest BCUT2D eigenvalue weighted by Crippen LogP contribution is 2.40. The van der Waals surface area contributed by atoms with Gasteiger partial charge in [0.2, 0.25) is 11.9 Å². The summed E-state index contributed by atoms with van der Waals surface area (Å²) in [5.74, 6) is 0.327. The topological polar surface area (TPSA) is 161 Å². The van der Waals surface area contributed by atoms with Gasteiger partial charge in [-0.05, 0) is 21.6 Å². The van der Waals surface area contributed by atoms with Gasteiger partial charge in [-0.1, -0.05) is 0 Å². The lowest BCUT2D eigenvalue weighted by Crippen LogP contribution is -1.97. The second-order valence-corrected chi connectivity index (χ2v) is 6.25. The van der Waals surface area contributed by atoms with Crippen molar-refractivity contribution in [3.63, 3.8) is 0 Å². The highest BCUT2D eigenvalue weighted by atomic mass is 33.1. The predicted molar refractivity (Wildman–Crippen MR) is 83.9 cm³/mol. The van der Waals surface area contributed by atoms with Crippen LogP contribution in [0.5, 0.6) is 0 Å². The second kappa shape index (κ2) is 4.99. The molecule has 10 nitrogen and oxygen atoms in total. The van der Waals surface area contributed by atoms with E-state index in [-0.39, 0.29) is 11.9 Å². The lowest BCUT2D eigenvalue weighted by molar-refractivity contribution is 1.10. The Kier molecular flexibility index (Phi) is 2.97. The molecule has 22 heavy (non-hydrogen) atoms. The number of fused-ring (bicyclic) bond motifs is 2. The fourth-order valence-electron chi connectivity index (χ4n) is 1.84. The maximum Gasteiger partial charge on any atom is 0.223 e. The van der Waals surface area contributed by atoms with E-state index in [1.54, 1.807) is 12.7 Å². The van der Waals surface area contributed by atoms with Gasteiger partial charge >= 0.3 is 0 Å². The average Bonchev–Trinajstić information content (AvgIpc) is 3.12. The number of hydrogen-bond donors (Lipinski definition) is 4. The molecule has 6 N–H and O–H groups in total. The first-order valence-corrected chi connectivity index (χ1v) is 8.13. The number of nitrogens with two attached hydrogens (primary N) is 2. The molecule has 0 aliphatic carbocycles. The SMILES string of the molecule is Nc1nc(SSc2nc(N)nc3nc[nH]c23)c2[nH]cnc2n1. The fourth-order valence-corrected chi connectivity index (χ4v) is 3.93. The molecule has 110 valence electrons. The predicted octanol–water partition coefficient (Wildman–Crippen LogP) is 0.983. The third kappa shape index (κ3) is 2.17. The Hall–Kier alpha value is -2.60. The molecule has 0 aliphatic heterocycles. The number of hydrogen-bond acceptors (Lipinski definition) is 10. The van der Waals surface area contributed by atoms with Crippen molar-refractivity contribution in [2.24, 2.45) is 0 Å². The molecule has 0 bridgehead atoms. The fraction of sp³-hybridized carbons (Fsp3) is 0. The monoisotopic (exact) mass is 332 g/mol. The zero-order valence-corrected chi connectivity index (χ0v) is 12.4. The molecule has 4 heterocycles. The van der Waals surface area contributed by atoms with E-state index in [1.165, 1.54) is 21.6 Å². The minimum Gasteiger partial charge on any atom is -0.368 e. The van der Waals surface area contributed by atoms with Gasteiger partial charge in [0.25, 0.3) is 0 Å². The number of rotatable bonds is 3. The highest BCUT2D eigenvalue weighted by molar-refractivity contribution is 8.76. The van der Waals surface area contributed by atoms with Crippen LogP contribution in [0.2, 0.25) is 0 Å². The number of anilines is 2. The number of H-pyrrole nitrogens is 2. The Morgan fingerprint density at radius 2 is 1.18 bits per heavy atom. The van der Waals surface area contributed by atoms with Crippen LogP contribution in [0.25, 0.3) is 22.3 Å². The summed E-state index contributed by atoms with van der Waals surface area (Å²) in [6.07, 6.45) is 3.09. The summed E-state index contributed by atoms with van der Waals surface area (Å²) in [6.45, 7) is 0. The molecule has 0 spiro atoms. The number of nitrogen functional groups attached to an aromatic ring is 2. The van der Waals surface area contributed by atoms with Crippen LogP contribution in [-0.2, 0) is 0 Å². The van der Waals surface area contributed by atoms with E-state index in [4.69, 9.17) is 11.5 Å². The van der Waals surface area contributed by atoms with Crippen molar-refractivity contribution in [3.8, 4) is 0 Å². The summed E-state index contributed by atoms with van der Waals surface area (Å²) in [6, 6.07) is 0. The van der Waals surface area contributed by atoms with E-state index < -0.39 is 0 Å². The first kappa shape index (κ1) is 13.1. The van der Waals surface area contributed by atoms with E-state index in [9.17, 15) is 0 Å². The van der Waals surface area contributed by atoms with Crippen molar-refractivity contribution < 1.29 is 0 Å². The number of aromatic nitrogens is 8. The Labute approximate surface area is 130 Å². The number of nitrogens with zero attached hydrogens (tertiary/aromatic N) is 6. The summed E-state index contributed by atoms with van der Waals surface area (Å²) in [7, 11) is 2.74. The van der Waals surface area contributed by atoms with Crippen LogP contribution in [0.1, 0.15) is 0 Å². The summed E-state index contributed by atoms with van der Waals surface area (Å²) < 4.78 is 0. The van der Waals surface area contributed by atoms with Gasteiger partial charge in [-0.2, -0.15) is 9.97 Å². The number of aromatic amines is 2. The maximum atomic E-state index is 5.69. The molecule has 0 saturated heterocycles. The molecule has 0 fully saturated rings. The molecule has 12 heteroatoms. The molecule has 0 atom stereocenters. The van der Waals surface area contributed by atoms with Gasteiger partial charge in [0.15, 0.2) is 11.3 Å². The zero-order chi connectivity index (χ0) is 15.1. The molecule has 4 aromatic rings. The van der Waals surface area contributed by atoms with Crippen molar-refractivity contribution in [3.05, 3.63) is 12.7 Å². The Bertz CT molecular complexity index is 896. The first-order chi connectivity index (χ1) is 10.7. The van der Waals surface area contributed by atoms with Crippen LogP contribution >= 0.6 is 21.6 Å². The summed E-state index contributed by atoms with van der Waals surface area (Å²) in [4.78, 5) is 30.7. The highest BCUT2D eigenvalue weighted by Gasteiger charge is 2.14. The molecule has 0 unspecified atom stereocenters. The van der Waals surface area contributed by atoms with Crippen LogP contribution in [0, 0.1) is 0 Å². The van der Waals surface area contributed by atoms with Gasteiger partial charge < -0.3 is 21.4 Å². The van der Waals surface area contributed by atoms with Crippen molar-refractivity contribution in [1.29, 1.82) is 0 Å². The van der Waals surface area contributed by atoms with Crippen molar-refractivity contribution in [2.45, 2.75) is 10.1 Å². The van der Waals surface area contributed by atoms with Gasteiger partial charge in [-0.25, -0.2) is 19.9 Å². The molecule has 4 aromatic heterocycles. The van der Waals surface area contributed by atoms with Gasteiger partial charge in [0.1, 0.15) is 21.1 Å². The first-order valence-electron chi connectivity index (χ1n) is 5.98. The average molecular weight is 332 g/mol. The lowest BCUT2D eigenvalue weighted by Gasteiger charge is -2.03. The van der Waals surface area contributed by atoms with Gasteiger partial charge in [-0.15, -0.1) is 0 Å². The standard InChI is InChI=1S/C10H8N10S2/c11-9-17-5-3(13-1-15-5)7(19-9)21-22-8-4-6(16-2-14-4)18-10(12)20-8/h1-2H,(H3,11,13,15,17,19)(H3,12,14,16,18,20). The van der Waals surface area contributed by atoms with Gasteiger partial charge in [-0.3, -0.25) is 0 Å². The zero-order valence-electron chi connectivity index (χ0n) is 10.8. The maximum absolute atomic E-state index is 5.69. The third-order valence-corrected chi connectivity index (χ3v) is 4.93. The molecule has 0 radical (unpaired) electrons. The Morgan fingerprint density at radius 1 is 0.727 bits per heavy atom. The largest absolute Gasteiger partial charge is 0.368 e. The van der Waals surface area contributed by atoms with E-state index in [2.05, 4.69) is 39.9 Å². The quantitative estimate of drug-likeness (QED) is 0.314. The van der Waals surface area contributed by atoms with Crippen LogP contribution in [-0.4, -0.2) is 39.9 Å². The second-order valence-electron chi connectivity index (χ2n) is 4.14. The molecular weight excluding hydrogens is 324 g/mol. The molecule has 0 aromatic carbocycles.